The van der Waals surface area contributed by atoms with Crippen molar-refractivity contribution in [2.24, 2.45) is 10.5 Å². The number of rotatable bonds is 4. The van der Waals surface area contributed by atoms with Crippen molar-refractivity contribution in [2.45, 2.75) is 27.7 Å². The fourth-order valence-electron chi connectivity index (χ4n) is 0.385. The van der Waals surface area contributed by atoms with Gasteiger partial charge in [0.2, 0.25) is 5.91 Å². The zero-order valence-electron chi connectivity index (χ0n) is 9.50. The van der Waals surface area contributed by atoms with E-state index < -0.39 is 5.41 Å². The number of hydrogen-bond donors (Lipinski definition) is 1. The molecule has 0 unspecified atom stereocenters. The van der Waals surface area contributed by atoms with Crippen LogP contribution < -0.4 is 5.43 Å². The largest absolute Gasteiger partial charge is 0.272 e. The van der Waals surface area contributed by atoms with Crippen molar-refractivity contribution in [3.05, 3.63) is 25.3 Å². The van der Waals surface area contributed by atoms with Crippen molar-refractivity contribution in [1.82, 2.24) is 5.43 Å². The lowest BCUT2D eigenvalue weighted by molar-refractivity contribution is -0.127. The summed E-state index contributed by atoms with van der Waals surface area (Å²) in [7, 11) is 0. The van der Waals surface area contributed by atoms with Crippen molar-refractivity contribution in [3.63, 3.8) is 0 Å². The molecule has 0 aliphatic rings. The van der Waals surface area contributed by atoms with Crippen LogP contribution in [0.5, 0.6) is 0 Å². The molecule has 0 saturated heterocycles. The van der Waals surface area contributed by atoms with Crippen LogP contribution in [-0.2, 0) is 4.79 Å². The summed E-state index contributed by atoms with van der Waals surface area (Å²) in [6.45, 7) is 14.5. The van der Waals surface area contributed by atoms with Crippen LogP contribution in [0.4, 0.5) is 0 Å². The standard InChI is InChI=1S/C9H14N2O.C2H6/c1-5-7-10-11-8(12)9(3,4)6-2;1-2/h5-7H,1-2H2,3-4H3,(H,11,12);1-2H3/b10-7-;. The maximum Gasteiger partial charge on any atom is 0.249 e. The van der Waals surface area contributed by atoms with Crippen molar-refractivity contribution in [3.8, 4) is 0 Å². The molecule has 1 N–H and O–H groups in total. The summed E-state index contributed by atoms with van der Waals surface area (Å²) in [5.41, 5.74) is 1.78. The molecule has 0 saturated carbocycles. The van der Waals surface area contributed by atoms with Gasteiger partial charge in [-0.1, -0.05) is 26.5 Å². The summed E-state index contributed by atoms with van der Waals surface area (Å²) in [6, 6.07) is 0. The number of nitrogens with one attached hydrogen (secondary N) is 1. The molecule has 0 spiro atoms. The highest BCUT2D eigenvalue weighted by Crippen LogP contribution is 2.15. The van der Waals surface area contributed by atoms with Crippen LogP contribution in [0.1, 0.15) is 27.7 Å². The number of allylic oxidation sites excluding steroid dienone is 1. The Morgan fingerprint density at radius 2 is 1.86 bits per heavy atom. The van der Waals surface area contributed by atoms with Crippen molar-refractivity contribution in [2.75, 3.05) is 0 Å². The van der Waals surface area contributed by atoms with Gasteiger partial charge in [0.1, 0.15) is 0 Å². The van der Waals surface area contributed by atoms with Crippen LogP contribution >= 0.6 is 0 Å². The maximum absolute atomic E-state index is 11.2. The predicted molar refractivity (Wildman–Crippen MR) is 62.2 cm³/mol. The Balaban J connectivity index is 0. The Bertz CT molecular complexity index is 217. The summed E-state index contributed by atoms with van der Waals surface area (Å²) in [6.07, 6.45) is 4.48. The van der Waals surface area contributed by atoms with Crippen LogP contribution in [0.3, 0.4) is 0 Å². The molecule has 0 radical (unpaired) electrons. The van der Waals surface area contributed by atoms with E-state index in [1.807, 2.05) is 13.8 Å². The predicted octanol–water partition coefficient (Wildman–Crippen LogP) is 2.51. The highest BCUT2D eigenvalue weighted by molar-refractivity contribution is 5.84. The molecule has 0 aliphatic heterocycles. The van der Waals surface area contributed by atoms with Gasteiger partial charge in [0.15, 0.2) is 0 Å². The molecule has 1 amide bonds. The molecule has 0 atom stereocenters. The van der Waals surface area contributed by atoms with Crippen LogP contribution in [-0.4, -0.2) is 12.1 Å². The number of carbonyl (C=O) groups excluding carboxylic acids is 1. The highest BCUT2D eigenvalue weighted by Gasteiger charge is 2.22. The molecule has 80 valence electrons. The molecule has 14 heavy (non-hydrogen) atoms. The van der Waals surface area contributed by atoms with E-state index in [4.69, 9.17) is 0 Å². The van der Waals surface area contributed by atoms with E-state index in [9.17, 15) is 4.79 Å². The van der Waals surface area contributed by atoms with Crippen LogP contribution in [0.2, 0.25) is 0 Å². The Labute approximate surface area is 86.6 Å². The summed E-state index contributed by atoms with van der Waals surface area (Å²) in [4.78, 5) is 11.2. The lowest BCUT2D eigenvalue weighted by atomic mass is 9.93. The fourth-order valence-corrected chi connectivity index (χ4v) is 0.385. The first kappa shape index (κ1) is 15.1. The molecule has 0 heterocycles. The van der Waals surface area contributed by atoms with Crippen molar-refractivity contribution in [1.29, 1.82) is 0 Å². The van der Waals surface area contributed by atoms with E-state index in [0.29, 0.717) is 0 Å². The third-order valence-corrected chi connectivity index (χ3v) is 1.44. The Morgan fingerprint density at radius 1 is 1.36 bits per heavy atom. The lowest BCUT2D eigenvalue weighted by Crippen LogP contribution is -2.32. The average molecular weight is 196 g/mol. The molecule has 3 nitrogen and oxygen atoms in total. The van der Waals surface area contributed by atoms with Gasteiger partial charge in [-0.25, -0.2) is 5.43 Å². The molecule has 0 fully saturated rings. The molecule has 0 rings (SSSR count). The van der Waals surface area contributed by atoms with E-state index in [-0.39, 0.29) is 5.91 Å². The second-order valence-electron chi connectivity index (χ2n) is 2.88. The van der Waals surface area contributed by atoms with Gasteiger partial charge in [0.05, 0.1) is 5.41 Å². The van der Waals surface area contributed by atoms with Gasteiger partial charge in [-0.05, 0) is 19.9 Å². The second-order valence-corrected chi connectivity index (χ2v) is 2.88. The Morgan fingerprint density at radius 3 is 2.21 bits per heavy atom. The van der Waals surface area contributed by atoms with E-state index >= 15 is 0 Å². The highest BCUT2D eigenvalue weighted by atomic mass is 16.2. The van der Waals surface area contributed by atoms with Crippen LogP contribution in [0.15, 0.2) is 30.4 Å². The minimum Gasteiger partial charge on any atom is -0.272 e. The van der Waals surface area contributed by atoms with E-state index in [1.165, 1.54) is 12.3 Å². The molecule has 0 aromatic heterocycles. The summed E-state index contributed by atoms with van der Waals surface area (Å²) in [5, 5.41) is 3.61. The quantitative estimate of drug-likeness (QED) is 0.419. The summed E-state index contributed by atoms with van der Waals surface area (Å²) >= 11 is 0. The Hall–Kier alpha value is -1.38. The average Bonchev–Trinajstić information content (AvgIpc) is 2.21. The minimum atomic E-state index is -0.585. The number of hydrazone groups is 1. The molecule has 0 aliphatic carbocycles. The van der Waals surface area contributed by atoms with Gasteiger partial charge in [-0.3, -0.25) is 4.79 Å². The lowest BCUT2D eigenvalue weighted by Gasteiger charge is -2.15. The summed E-state index contributed by atoms with van der Waals surface area (Å²) in [5.74, 6) is -0.185. The van der Waals surface area contributed by atoms with Gasteiger partial charge in [-0.2, -0.15) is 5.10 Å². The first-order chi connectivity index (χ1) is 6.54. The number of amides is 1. The third kappa shape index (κ3) is 6.17. The van der Waals surface area contributed by atoms with Gasteiger partial charge in [0, 0.05) is 6.21 Å². The minimum absolute atomic E-state index is 0.185. The van der Waals surface area contributed by atoms with Crippen molar-refractivity contribution < 1.29 is 4.79 Å². The van der Waals surface area contributed by atoms with Gasteiger partial charge < -0.3 is 0 Å². The molecule has 0 aromatic carbocycles. The molecule has 0 aromatic rings. The Kier molecular flexibility index (Phi) is 8.88. The number of carbonyl (C=O) groups is 1. The maximum atomic E-state index is 11.2. The molecular formula is C11H20N2O. The van der Waals surface area contributed by atoms with Gasteiger partial charge >= 0.3 is 0 Å². The van der Waals surface area contributed by atoms with Gasteiger partial charge in [0.25, 0.3) is 0 Å². The van der Waals surface area contributed by atoms with E-state index in [0.717, 1.165) is 0 Å². The molecule has 0 bridgehead atoms. The zero-order chi connectivity index (χ0) is 11.6. The first-order valence-electron chi connectivity index (χ1n) is 4.62. The first-order valence-corrected chi connectivity index (χ1v) is 4.62. The number of nitrogens with zero attached hydrogens (tertiary/aromatic N) is 1. The topological polar surface area (TPSA) is 41.5 Å². The van der Waals surface area contributed by atoms with Crippen molar-refractivity contribution >= 4 is 12.1 Å². The SMILES string of the molecule is C=C/C=N\NC(=O)C(C)(C)C=C.CC. The van der Waals surface area contributed by atoms with E-state index in [2.05, 4.69) is 23.7 Å². The molecule has 3 heteroatoms. The third-order valence-electron chi connectivity index (χ3n) is 1.44. The number of hydrogen-bond acceptors (Lipinski definition) is 2. The molecular weight excluding hydrogens is 176 g/mol. The van der Waals surface area contributed by atoms with E-state index in [1.54, 1.807) is 19.9 Å². The summed E-state index contributed by atoms with van der Waals surface area (Å²) < 4.78 is 0. The second kappa shape index (κ2) is 8.23. The van der Waals surface area contributed by atoms with Crippen LogP contribution in [0.25, 0.3) is 0 Å². The fraction of sp³-hybridized carbons (Fsp3) is 0.455. The smallest absolute Gasteiger partial charge is 0.249 e. The van der Waals surface area contributed by atoms with Gasteiger partial charge in [-0.15, -0.1) is 6.58 Å². The monoisotopic (exact) mass is 196 g/mol. The van der Waals surface area contributed by atoms with Crippen LogP contribution in [0, 0.1) is 5.41 Å². The normalized spacial score (nSPS) is 10.0. The zero-order valence-corrected chi connectivity index (χ0v) is 9.50.